The van der Waals surface area contributed by atoms with Gasteiger partial charge in [0.1, 0.15) is 0 Å². The number of nitrogens with zero attached hydrogens (tertiary/aromatic N) is 1. The Kier molecular flexibility index (Phi) is 2.86. The molecule has 0 aromatic carbocycles. The molecule has 2 N–H and O–H groups in total. The molecule has 0 spiro atoms. The predicted octanol–water partition coefficient (Wildman–Crippen LogP) is 0.0510. The largest absolute Gasteiger partial charge is 0.392 e. The van der Waals surface area contributed by atoms with Gasteiger partial charge in [0.2, 0.25) is 0 Å². The third-order valence-corrected chi connectivity index (χ3v) is 3.17. The van der Waals surface area contributed by atoms with Gasteiger partial charge < -0.3 is 15.3 Å². The van der Waals surface area contributed by atoms with E-state index < -0.39 is 0 Å². The molecule has 3 nitrogen and oxygen atoms in total. The molecule has 0 aromatic rings. The van der Waals surface area contributed by atoms with Crippen molar-refractivity contribution in [3.8, 4) is 0 Å². The van der Waals surface area contributed by atoms with Crippen LogP contribution in [0.25, 0.3) is 0 Å². The fourth-order valence-corrected chi connectivity index (χ4v) is 2.04. The van der Waals surface area contributed by atoms with E-state index in [-0.39, 0.29) is 6.10 Å². The Morgan fingerprint density at radius 1 is 1.46 bits per heavy atom. The van der Waals surface area contributed by atoms with Crippen LogP contribution in [0.1, 0.15) is 19.3 Å². The summed E-state index contributed by atoms with van der Waals surface area (Å²) in [4.78, 5) is 2.33. The summed E-state index contributed by atoms with van der Waals surface area (Å²) in [5.41, 5.74) is 0. The second kappa shape index (κ2) is 3.95. The fraction of sp³-hybridized carbons (Fsp3) is 1.00. The highest BCUT2D eigenvalue weighted by molar-refractivity contribution is 4.85. The van der Waals surface area contributed by atoms with Crippen molar-refractivity contribution in [3.63, 3.8) is 0 Å². The number of hydrogen-bond acceptors (Lipinski definition) is 3. The first-order chi connectivity index (χ1) is 6.25. The Hall–Kier alpha value is -0.120. The summed E-state index contributed by atoms with van der Waals surface area (Å²) in [5, 5.41) is 13.1. The first-order valence-electron chi connectivity index (χ1n) is 5.35. The number of aliphatic hydroxyl groups excluding tert-OH is 1. The van der Waals surface area contributed by atoms with Crippen LogP contribution in [0.15, 0.2) is 0 Å². The minimum absolute atomic E-state index is 0.0918. The molecule has 0 aromatic heterocycles. The number of likely N-dealkylation sites (tertiary alicyclic amines) is 1. The lowest BCUT2D eigenvalue weighted by Gasteiger charge is -2.15. The third kappa shape index (κ3) is 2.66. The van der Waals surface area contributed by atoms with Gasteiger partial charge in [-0.25, -0.2) is 0 Å². The molecule has 0 radical (unpaired) electrons. The molecule has 13 heavy (non-hydrogen) atoms. The molecule has 76 valence electrons. The summed E-state index contributed by atoms with van der Waals surface area (Å²) in [6, 6.07) is 0.610. The highest BCUT2D eigenvalue weighted by Gasteiger charge is 2.30. The topological polar surface area (TPSA) is 35.5 Å². The van der Waals surface area contributed by atoms with E-state index in [0.717, 1.165) is 13.1 Å². The van der Waals surface area contributed by atoms with Crippen LogP contribution in [-0.2, 0) is 0 Å². The van der Waals surface area contributed by atoms with Crippen molar-refractivity contribution >= 4 is 0 Å². The Morgan fingerprint density at radius 2 is 2.23 bits per heavy atom. The number of likely N-dealkylation sites (N-methyl/N-ethyl adjacent to an activating group) is 1. The zero-order chi connectivity index (χ0) is 9.26. The maximum Gasteiger partial charge on any atom is 0.0692 e. The van der Waals surface area contributed by atoms with E-state index in [2.05, 4.69) is 17.3 Å². The van der Waals surface area contributed by atoms with Gasteiger partial charge in [0.25, 0.3) is 0 Å². The molecular weight excluding hydrogens is 164 g/mol. The molecular formula is C10H20N2O. The van der Waals surface area contributed by atoms with Crippen molar-refractivity contribution in [2.75, 3.05) is 26.7 Å². The molecule has 1 aliphatic heterocycles. The summed E-state index contributed by atoms with van der Waals surface area (Å²) < 4.78 is 0. The standard InChI is InChI=1S/C10H20N2O/c1-12-5-4-9(7-12)11-6-10(13)8-2-3-8/h8-11,13H,2-7H2,1H3. The summed E-state index contributed by atoms with van der Waals surface area (Å²) in [7, 11) is 2.15. The second-order valence-corrected chi connectivity index (χ2v) is 4.56. The first kappa shape index (κ1) is 9.44. The molecule has 2 rings (SSSR count). The minimum Gasteiger partial charge on any atom is -0.392 e. The Morgan fingerprint density at radius 3 is 2.77 bits per heavy atom. The Balaban J connectivity index is 1.61. The molecule has 2 fully saturated rings. The fourth-order valence-electron chi connectivity index (χ4n) is 2.04. The normalized spacial score (nSPS) is 32.3. The molecule has 0 bridgehead atoms. The van der Waals surface area contributed by atoms with Gasteiger partial charge in [0.15, 0.2) is 0 Å². The van der Waals surface area contributed by atoms with Crippen molar-refractivity contribution < 1.29 is 5.11 Å². The SMILES string of the molecule is CN1CCC(NCC(O)C2CC2)C1. The van der Waals surface area contributed by atoms with Crippen molar-refractivity contribution in [2.45, 2.75) is 31.4 Å². The lowest BCUT2D eigenvalue weighted by molar-refractivity contribution is 0.145. The van der Waals surface area contributed by atoms with E-state index in [1.54, 1.807) is 0 Å². The Labute approximate surface area is 80.1 Å². The first-order valence-corrected chi connectivity index (χ1v) is 5.35. The molecule has 1 saturated carbocycles. The third-order valence-electron chi connectivity index (χ3n) is 3.17. The molecule has 0 amide bonds. The van der Waals surface area contributed by atoms with Gasteiger partial charge in [-0.15, -0.1) is 0 Å². The maximum absolute atomic E-state index is 9.64. The smallest absolute Gasteiger partial charge is 0.0692 e. The molecule has 2 atom stereocenters. The predicted molar refractivity (Wildman–Crippen MR) is 52.6 cm³/mol. The quantitative estimate of drug-likeness (QED) is 0.648. The number of hydrogen-bond donors (Lipinski definition) is 2. The van der Waals surface area contributed by atoms with Gasteiger partial charge in [-0.3, -0.25) is 0 Å². The van der Waals surface area contributed by atoms with Crippen LogP contribution in [-0.4, -0.2) is 48.8 Å². The monoisotopic (exact) mass is 184 g/mol. The molecule has 1 heterocycles. The molecule has 1 aliphatic carbocycles. The van der Waals surface area contributed by atoms with Gasteiger partial charge in [-0.1, -0.05) is 0 Å². The van der Waals surface area contributed by atoms with Crippen molar-refractivity contribution in [1.29, 1.82) is 0 Å². The van der Waals surface area contributed by atoms with Crippen LogP contribution in [0, 0.1) is 5.92 Å². The second-order valence-electron chi connectivity index (χ2n) is 4.56. The lowest BCUT2D eigenvalue weighted by atomic mass is 10.2. The highest BCUT2D eigenvalue weighted by Crippen LogP contribution is 2.32. The minimum atomic E-state index is -0.0918. The van der Waals surface area contributed by atoms with Crippen LogP contribution < -0.4 is 5.32 Å². The summed E-state index contributed by atoms with van der Waals surface area (Å²) >= 11 is 0. The summed E-state index contributed by atoms with van der Waals surface area (Å²) in [6.45, 7) is 3.12. The highest BCUT2D eigenvalue weighted by atomic mass is 16.3. The number of rotatable bonds is 4. The van der Waals surface area contributed by atoms with Crippen molar-refractivity contribution in [2.24, 2.45) is 5.92 Å². The zero-order valence-corrected chi connectivity index (χ0v) is 8.37. The van der Waals surface area contributed by atoms with Gasteiger partial charge in [-0.05, 0) is 38.8 Å². The van der Waals surface area contributed by atoms with Gasteiger partial charge >= 0.3 is 0 Å². The number of nitrogens with one attached hydrogen (secondary N) is 1. The van der Waals surface area contributed by atoms with Crippen LogP contribution in [0.3, 0.4) is 0 Å². The van der Waals surface area contributed by atoms with E-state index in [4.69, 9.17) is 0 Å². The number of aliphatic hydroxyl groups is 1. The van der Waals surface area contributed by atoms with Crippen molar-refractivity contribution in [1.82, 2.24) is 10.2 Å². The average Bonchev–Trinajstić information content (AvgIpc) is 2.87. The molecule has 3 heteroatoms. The van der Waals surface area contributed by atoms with Crippen LogP contribution in [0.4, 0.5) is 0 Å². The van der Waals surface area contributed by atoms with E-state index >= 15 is 0 Å². The summed E-state index contributed by atoms with van der Waals surface area (Å²) in [5.74, 6) is 0.603. The van der Waals surface area contributed by atoms with E-state index in [0.29, 0.717) is 12.0 Å². The van der Waals surface area contributed by atoms with E-state index in [1.165, 1.54) is 25.8 Å². The van der Waals surface area contributed by atoms with Gasteiger partial charge in [0, 0.05) is 19.1 Å². The Bertz CT molecular complexity index is 170. The summed E-state index contributed by atoms with van der Waals surface area (Å²) in [6.07, 6.45) is 3.60. The van der Waals surface area contributed by atoms with E-state index in [9.17, 15) is 5.11 Å². The molecule has 1 saturated heterocycles. The average molecular weight is 184 g/mol. The van der Waals surface area contributed by atoms with E-state index in [1.807, 2.05) is 0 Å². The maximum atomic E-state index is 9.64. The molecule has 2 unspecified atom stereocenters. The van der Waals surface area contributed by atoms with Crippen LogP contribution >= 0.6 is 0 Å². The lowest BCUT2D eigenvalue weighted by Crippen LogP contribution is -2.37. The van der Waals surface area contributed by atoms with Crippen molar-refractivity contribution in [3.05, 3.63) is 0 Å². The zero-order valence-electron chi connectivity index (χ0n) is 8.37. The van der Waals surface area contributed by atoms with Gasteiger partial charge in [-0.2, -0.15) is 0 Å². The molecule has 2 aliphatic rings. The van der Waals surface area contributed by atoms with Gasteiger partial charge in [0.05, 0.1) is 6.10 Å². The van der Waals surface area contributed by atoms with Crippen LogP contribution in [0.5, 0.6) is 0 Å². The van der Waals surface area contributed by atoms with Crippen LogP contribution in [0.2, 0.25) is 0 Å².